The minimum absolute atomic E-state index is 0.183. The van der Waals surface area contributed by atoms with Crippen molar-refractivity contribution < 1.29 is 8.42 Å². The lowest BCUT2D eigenvalue weighted by Crippen LogP contribution is -2.08. The molecule has 0 aliphatic carbocycles. The molecule has 62 valence electrons. The SMILES string of the molecule is CNCC1=CS(=O)(=O)C(C)=N1. The smallest absolute Gasteiger partial charge is 0.214 e. The van der Waals surface area contributed by atoms with Crippen molar-refractivity contribution >= 4 is 14.9 Å². The van der Waals surface area contributed by atoms with E-state index in [2.05, 4.69) is 10.3 Å². The summed E-state index contributed by atoms with van der Waals surface area (Å²) in [7, 11) is -1.40. The third kappa shape index (κ3) is 1.66. The van der Waals surface area contributed by atoms with Crippen LogP contribution in [0, 0.1) is 0 Å². The van der Waals surface area contributed by atoms with E-state index >= 15 is 0 Å². The summed E-state index contributed by atoms with van der Waals surface area (Å²) in [5.74, 6) is 0. The lowest BCUT2D eigenvalue weighted by molar-refractivity contribution is 0.615. The van der Waals surface area contributed by atoms with Gasteiger partial charge in [-0.3, -0.25) is 0 Å². The first-order chi connectivity index (χ1) is 5.06. The van der Waals surface area contributed by atoms with E-state index in [1.807, 2.05) is 0 Å². The fourth-order valence-electron chi connectivity index (χ4n) is 0.819. The summed E-state index contributed by atoms with van der Waals surface area (Å²) >= 11 is 0. The second-order valence-electron chi connectivity index (χ2n) is 2.32. The van der Waals surface area contributed by atoms with E-state index in [1.165, 1.54) is 12.3 Å². The zero-order valence-electron chi connectivity index (χ0n) is 6.46. The lowest BCUT2D eigenvalue weighted by Gasteiger charge is -1.91. The highest BCUT2D eigenvalue weighted by molar-refractivity contribution is 8.09. The Balaban J connectivity index is 2.92. The molecule has 0 amide bonds. The topological polar surface area (TPSA) is 58.5 Å². The van der Waals surface area contributed by atoms with Gasteiger partial charge in [-0.05, 0) is 14.0 Å². The number of aliphatic imine (C=N–C) groups is 1. The largest absolute Gasteiger partial charge is 0.314 e. The van der Waals surface area contributed by atoms with Gasteiger partial charge in [-0.25, -0.2) is 13.4 Å². The Morgan fingerprint density at radius 2 is 2.27 bits per heavy atom. The summed E-state index contributed by atoms with van der Waals surface area (Å²) < 4.78 is 22.0. The van der Waals surface area contributed by atoms with Crippen molar-refractivity contribution in [2.75, 3.05) is 13.6 Å². The zero-order chi connectivity index (χ0) is 8.48. The van der Waals surface area contributed by atoms with Gasteiger partial charge in [0.1, 0.15) is 5.04 Å². The summed E-state index contributed by atoms with van der Waals surface area (Å²) in [6.07, 6.45) is 0. The molecule has 1 rings (SSSR count). The molecule has 1 N–H and O–H groups in total. The van der Waals surface area contributed by atoms with E-state index in [0.717, 1.165) is 0 Å². The second-order valence-corrected chi connectivity index (χ2v) is 4.23. The quantitative estimate of drug-likeness (QED) is 0.635. The predicted octanol–water partition coefficient (Wildman–Crippen LogP) is -0.106. The van der Waals surface area contributed by atoms with Gasteiger partial charge < -0.3 is 5.32 Å². The van der Waals surface area contributed by atoms with E-state index in [1.54, 1.807) is 7.05 Å². The maximum absolute atomic E-state index is 11.0. The third-order valence-corrected chi connectivity index (χ3v) is 2.86. The highest BCUT2D eigenvalue weighted by Crippen LogP contribution is 2.12. The average molecular weight is 174 g/mol. The Kier molecular flexibility index (Phi) is 2.10. The number of nitrogens with zero attached hydrogens (tertiary/aromatic N) is 1. The van der Waals surface area contributed by atoms with Gasteiger partial charge in [-0.1, -0.05) is 0 Å². The van der Waals surface area contributed by atoms with Crippen molar-refractivity contribution in [2.45, 2.75) is 6.92 Å². The van der Waals surface area contributed by atoms with E-state index in [0.29, 0.717) is 12.2 Å². The molecule has 1 heterocycles. The third-order valence-electron chi connectivity index (χ3n) is 1.36. The number of nitrogens with one attached hydrogen (secondary N) is 1. The van der Waals surface area contributed by atoms with E-state index in [-0.39, 0.29) is 5.04 Å². The maximum atomic E-state index is 11.0. The Morgan fingerprint density at radius 1 is 1.64 bits per heavy atom. The molecule has 0 radical (unpaired) electrons. The molecule has 1 aliphatic heterocycles. The molecule has 0 spiro atoms. The van der Waals surface area contributed by atoms with Gasteiger partial charge in [0.05, 0.1) is 11.1 Å². The Morgan fingerprint density at radius 3 is 2.64 bits per heavy atom. The van der Waals surface area contributed by atoms with Crippen LogP contribution < -0.4 is 5.32 Å². The van der Waals surface area contributed by atoms with Crippen LogP contribution in [-0.4, -0.2) is 27.1 Å². The highest BCUT2D eigenvalue weighted by atomic mass is 32.2. The molecule has 0 bridgehead atoms. The van der Waals surface area contributed by atoms with Crippen LogP contribution in [0.15, 0.2) is 16.1 Å². The molecule has 0 aromatic carbocycles. The van der Waals surface area contributed by atoms with Gasteiger partial charge in [-0.2, -0.15) is 0 Å². The standard InChI is InChI=1S/C6H10N2O2S/c1-5-8-6(3-7-2)4-11(5,9)10/h4,7H,3H2,1-2H3. The van der Waals surface area contributed by atoms with Crippen LogP contribution in [0.2, 0.25) is 0 Å². The van der Waals surface area contributed by atoms with E-state index in [9.17, 15) is 8.42 Å². The van der Waals surface area contributed by atoms with Gasteiger partial charge >= 0.3 is 0 Å². The fraction of sp³-hybridized carbons (Fsp3) is 0.500. The zero-order valence-corrected chi connectivity index (χ0v) is 7.27. The molecule has 0 aromatic heterocycles. The highest BCUT2D eigenvalue weighted by Gasteiger charge is 2.19. The van der Waals surface area contributed by atoms with Crippen LogP contribution in [0.3, 0.4) is 0 Å². The molecule has 0 unspecified atom stereocenters. The average Bonchev–Trinajstić information content (AvgIpc) is 2.08. The molecule has 5 heteroatoms. The van der Waals surface area contributed by atoms with E-state index in [4.69, 9.17) is 0 Å². The van der Waals surface area contributed by atoms with Crippen LogP contribution in [0.5, 0.6) is 0 Å². The molecule has 11 heavy (non-hydrogen) atoms. The first-order valence-electron chi connectivity index (χ1n) is 3.22. The minimum atomic E-state index is -3.15. The molecular weight excluding hydrogens is 164 g/mol. The fourth-order valence-corrected chi connectivity index (χ4v) is 1.73. The van der Waals surface area contributed by atoms with Crippen molar-refractivity contribution in [3.05, 3.63) is 11.1 Å². The molecule has 0 aromatic rings. The number of hydrogen-bond acceptors (Lipinski definition) is 4. The molecular formula is C6H10N2O2S. The lowest BCUT2D eigenvalue weighted by atomic mass is 10.5. The second kappa shape index (κ2) is 2.75. The van der Waals surface area contributed by atoms with Gasteiger partial charge in [-0.15, -0.1) is 0 Å². The van der Waals surface area contributed by atoms with Crippen LogP contribution in [0.1, 0.15) is 6.92 Å². The van der Waals surface area contributed by atoms with Crippen LogP contribution in [0.25, 0.3) is 0 Å². The Bertz CT molecular complexity index is 313. The van der Waals surface area contributed by atoms with Crippen molar-refractivity contribution in [1.82, 2.24) is 5.32 Å². The van der Waals surface area contributed by atoms with Crippen LogP contribution in [0.4, 0.5) is 0 Å². The predicted molar refractivity (Wildman–Crippen MR) is 44.0 cm³/mol. The summed E-state index contributed by atoms with van der Waals surface area (Å²) in [5, 5.41) is 4.20. The minimum Gasteiger partial charge on any atom is -0.314 e. The Labute approximate surface area is 65.9 Å². The molecule has 0 saturated heterocycles. The Hall–Kier alpha value is -0.680. The summed E-state index contributed by atoms with van der Waals surface area (Å²) in [5.41, 5.74) is 0.574. The van der Waals surface area contributed by atoms with Gasteiger partial charge in [0.2, 0.25) is 9.84 Å². The summed E-state index contributed by atoms with van der Waals surface area (Å²) in [6, 6.07) is 0. The van der Waals surface area contributed by atoms with Crippen molar-refractivity contribution in [3.8, 4) is 0 Å². The first kappa shape index (κ1) is 8.42. The van der Waals surface area contributed by atoms with Crippen LogP contribution in [-0.2, 0) is 9.84 Å². The molecule has 0 fully saturated rings. The van der Waals surface area contributed by atoms with Gasteiger partial charge in [0, 0.05) is 6.54 Å². The van der Waals surface area contributed by atoms with Gasteiger partial charge in [0.15, 0.2) is 0 Å². The van der Waals surface area contributed by atoms with Crippen LogP contribution >= 0.6 is 0 Å². The van der Waals surface area contributed by atoms with Crippen molar-refractivity contribution in [2.24, 2.45) is 4.99 Å². The monoisotopic (exact) mass is 174 g/mol. The normalized spacial score (nSPS) is 21.3. The molecule has 4 nitrogen and oxygen atoms in total. The maximum Gasteiger partial charge on any atom is 0.214 e. The summed E-state index contributed by atoms with van der Waals surface area (Å²) in [6.45, 7) is 1.99. The number of likely N-dealkylation sites (N-methyl/N-ethyl adjacent to an activating group) is 1. The van der Waals surface area contributed by atoms with Gasteiger partial charge in [0.25, 0.3) is 0 Å². The molecule has 0 atom stereocenters. The number of rotatable bonds is 2. The van der Waals surface area contributed by atoms with Crippen molar-refractivity contribution in [1.29, 1.82) is 0 Å². The van der Waals surface area contributed by atoms with Crippen molar-refractivity contribution in [3.63, 3.8) is 0 Å². The molecule has 1 aliphatic rings. The number of hydrogen-bond donors (Lipinski definition) is 1. The summed E-state index contributed by atoms with van der Waals surface area (Å²) in [4.78, 5) is 3.86. The number of sulfone groups is 1. The van der Waals surface area contributed by atoms with E-state index < -0.39 is 9.84 Å². The molecule has 0 saturated carbocycles. The first-order valence-corrected chi connectivity index (χ1v) is 4.76.